The SMILES string of the molecule is CC(=O)C1CC2=C(CN1)c1ccccc1Cc1ccccc12. The Kier molecular flexibility index (Phi) is 3.20. The quantitative estimate of drug-likeness (QED) is 0.871. The zero-order valence-corrected chi connectivity index (χ0v) is 12.7. The third-order valence-electron chi connectivity index (χ3n) is 4.85. The van der Waals surface area contributed by atoms with E-state index in [4.69, 9.17) is 0 Å². The molecule has 2 nitrogen and oxygen atoms in total. The molecule has 110 valence electrons. The third kappa shape index (κ3) is 2.11. The largest absolute Gasteiger partial charge is 0.303 e. The molecule has 1 atom stereocenters. The van der Waals surface area contributed by atoms with Crippen LogP contribution in [0.25, 0.3) is 11.1 Å². The lowest BCUT2D eigenvalue weighted by atomic mass is 9.86. The first-order valence-electron chi connectivity index (χ1n) is 7.86. The van der Waals surface area contributed by atoms with Crippen LogP contribution in [0.1, 0.15) is 35.6 Å². The molecule has 1 aliphatic heterocycles. The summed E-state index contributed by atoms with van der Waals surface area (Å²) < 4.78 is 0. The Hall–Kier alpha value is -2.19. The van der Waals surface area contributed by atoms with Crippen LogP contribution in [0, 0.1) is 0 Å². The van der Waals surface area contributed by atoms with Crippen molar-refractivity contribution < 1.29 is 4.79 Å². The second-order valence-electron chi connectivity index (χ2n) is 6.20. The molecule has 2 aromatic carbocycles. The van der Waals surface area contributed by atoms with Gasteiger partial charge in [0.25, 0.3) is 0 Å². The van der Waals surface area contributed by atoms with Gasteiger partial charge in [-0.3, -0.25) is 4.79 Å². The van der Waals surface area contributed by atoms with Gasteiger partial charge in [-0.05, 0) is 53.2 Å². The van der Waals surface area contributed by atoms with Crippen LogP contribution in [-0.4, -0.2) is 18.4 Å². The van der Waals surface area contributed by atoms with Crippen LogP contribution in [0.5, 0.6) is 0 Å². The molecule has 22 heavy (non-hydrogen) atoms. The standard InChI is InChI=1S/C20H19NO/c1-13(22)20-11-18-16-8-4-2-6-14(16)10-15-7-3-5-9-17(15)19(18)12-21-20/h2-9,20-21H,10-12H2,1H3. The van der Waals surface area contributed by atoms with Crippen molar-refractivity contribution >= 4 is 16.9 Å². The molecule has 0 fully saturated rings. The zero-order valence-electron chi connectivity index (χ0n) is 12.7. The van der Waals surface area contributed by atoms with E-state index >= 15 is 0 Å². The van der Waals surface area contributed by atoms with E-state index in [0.29, 0.717) is 0 Å². The number of benzene rings is 2. The summed E-state index contributed by atoms with van der Waals surface area (Å²) in [5.41, 5.74) is 8.11. The smallest absolute Gasteiger partial charge is 0.147 e. The number of ketones is 1. The minimum atomic E-state index is -0.0583. The van der Waals surface area contributed by atoms with Gasteiger partial charge in [-0.25, -0.2) is 0 Å². The maximum atomic E-state index is 11.8. The maximum Gasteiger partial charge on any atom is 0.147 e. The molecule has 0 saturated carbocycles. The Labute approximate surface area is 130 Å². The Balaban J connectivity index is 1.95. The number of hydrogen-bond acceptors (Lipinski definition) is 2. The highest BCUT2D eigenvalue weighted by Gasteiger charge is 2.28. The minimum Gasteiger partial charge on any atom is -0.303 e. The van der Waals surface area contributed by atoms with Crippen molar-refractivity contribution in [2.24, 2.45) is 0 Å². The van der Waals surface area contributed by atoms with Gasteiger partial charge < -0.3 is 5.32 Å². The molecule has 0 radical (unpaired) electrons. The highest BCUT2D eigenvalue weighted by atomic mass is 16.1. The molecule has 0 saturated heterocycles. The van der Waals surface area contributed by atoms with Crippen LogP contribution < -0.4 is 5.32 Å². The van der Waals surface area contributed by atoms with Gasteiger partial charge in [0.1, 0.15) is 5.78 Å². The first kappa shape index (κ1) is 13.5. The van der Waals surface area contributed by atoms with Gasteiger partial charge in [-0.15, -0.1) is 0 Å². The summed E-state index contributed by atoms with van der Waals surface area (Å²) in [5, 5.41) is 3.41. The second-order valence-corrected chi connectivity index (χ2v) is 6.20. The average molecular weight is 289 g/mol. The normalized spacial score (nSPS) is 19.8. The molecular formula is C20H19NO. The first-order chi connectivity index (χ1) is 10.7. The van der Waals surface area contributed by atoms with Crippen molar-refractivity contribution in [3.05, 3.63) is 70.8 Å². The first-order valence-corrected chi connectivity index (χ1v) is 7.86. The summed E-state index contributed by atoms with van der Waals surface area (Å²) >= 11 is 0. The molecule has 1 unspecified atom stereocenters. The van der Waals surface area contributed by atoms with E-state index in [-0.39, 0.29) is 11.8 Å². The van der Waals surface area contributed by atoms with Gasteiger partial charge in [-0.1, -0.05) is 48.5 Å². The molecule has 4 rings (SSSR count). The van der Waals surface area contributed by atoms with E-state index in [1.54, 1.807) is 6.92 Å². The molecular weight excluding hydrogens is 270 g/mol. The van der Waals surface area contributed by atoms with Crippen molar-refractivity contribution in [3.63, 3.8) is 0 Å². The van der Waals surface area contributed by atoms with E-state index in [1.165, 1.54) is 33.4 Å². The van der Waals surface area contributed by atoms with Crippen molar-refractivity contribution in [2.75, 3.05) is 6.54 Å². The number of carbonyl (C=O) groups is 1. The molecule has 2 aromatic rings. The summed E-state index contributed by atoms with van der Waals surface area (Å²) in [5.74, 6) is 0.224. The summed E-state index contributed by atoms with van der Waals surface area (Å²) in [6.45, 7) is 2.45. The van der Waals surface area contributed by atoms with E-state index in [0.717, 1.165) is 19.4 Å². The number of rotatable bonds is 1. The van der Waals surface area contributed by atoms with Gasteiger partial charge in [-0.2, -0.15) is 0 Å². The van der Waals surface area contributed by atoms with Crippen molar-refractivity contribution in [1.29, 1.82) is 0 Å². The van der Waals surface area contributed by atoms with Crippen LogP contribution in [0.15, 0.2) is 48.5 Å². The molecule has 1 heterocycles. The molecule has 2 heteroatoms. The fraction of sp³-hybridized carbons (Fsp3) is 0.250. The van der Waals surface area contributed by atoms with E-state index < -0.39 is 0 Å². The summed E-state index contributed by atoms with van der Waals surface area (Å²) in [6, 6.07) is 17.2. The van der Waals surface area contributed by atoms with Gasteiger partial charge >= 0.3 is 0 Å². The molecule has 2 aliphatic rings. The zero-order chi connectivity index (χ0) is 15.1. The molecule has 1 N–H and O–H groups in total. The lowest BCUT2D eigenvalue weighted by Crippen LogP contribution is -2.39. The maximum absolute atomic E-state index is 11.8. The highest BCUT2D eigenvalue weighted by Crippen LogP contribution is 2.39. The fourth-order valence-electron chi connectivity index (χ4n) is 3.69. The monoisotopic (exact) mass is 289 g/mol. The van der Waals surface area contributed by atoms with Crippen LogP contribution >= 0.6 is 0 Å². The van der Waals surface area contributed by atoms with E-state index in [2.05, 4.69) is 53.8 Å². The predicted octanol–water partition coefficient (Wildman–Crippen LogP) is 3.45. The van der Waals surface area contributed by atoms with Gasteiger partial charge in [0.2, 0.25) is 0 Å². The molecule has 0 amide bonds. The molecule has 0 aromatic heterocycles. The van der Waals surface area contributed by atoms with Gasteiger partial charge in [0, 0.05) is 6.54 Å². The molecule has 1 aliphatic carbocycles. The number of hydrogen-bond donors (Lipinski definition) is 1. The Bertz CT molecular complexity index is 788. The summed E-state index contributed by atoms with van der Waals surface area (Å²) in [6.07, 6.45) is 1.75. The van der Waals surface area contributed by atoms with Crippen molar-refractivity contribution in [2.45, 2.75) is 25.8 Å². The van der Waals surface area contributed by atoms with Gasteiger partial charge in [0.15, 0.2) is 0 Å². The van der Waals surface area contributed by atoms with Gasteiger partial charge in [0.05, 0.1) is 6.04 Å². The molecule has 0 spiro atoms. The Morgan fingerprint density at radius 1 is 0.955 bits per heavy atom. The fourth-order valence-corrected chi connectivity index (χ4v) is 3.69. The number of nitrogens with one attached hydrogen (secondary N) is 1. The van der Waals surface area contributed by atoms with Crippen LogP contribution in [-0.2, 0) is 11.2 Å². The number of carbonyl (C=O) groups excluding carboxylic acids is 1. The lowest BCUT2D eigenvalue weighted by molar-refractivity contribution is -0.118. The topological polar surface area (TPSA) is 29.1 Å². The summed E-state index contributed by atoms with van der Waals surface area (Å²) in [7, 11) is 0. The average Bonchev–Trinajstić information content (AvgIpc) is 2.69. The van der Waals surface area contributed by atoms with E-state index in [9.17, 15) is 4.79 Å². The Morgan fingerprint density at radius 2 is 1.55 bits per heavy atom. The Morgan fingerprint density at radius 3 is 2.18 bits per heavy atom. The molecule has 0 bridgehead atoms. The lowest BCUT2D eigenvalue weighted by Gasteiger charge is -2.27. The predicted molar refractivity (Wildman–Crippen MR) is 89.6 cm³/mol. The second kappa shape index (κ2) is 5.22. The number of fused-ring (bicyclic) bond motifs is 4. The summed E-state index contributed by atoms with van der Waals surface area (Å²) in [4.78, 5) is 11.8. The van der Waals surface area contributed by atoms with Crippen LogP contribution in [0.3, 0.4) is 0 Å². The van der Waals surface area contributed by atoms with Crippen LogP contribution in [0.4, 0.5) is 0 Å². The van der Waals surface area contributed by atoms with Crippen LogP contribution in [0.2, 0.25) is 0 Å². The highest BCUT2D eigenvalue weighted by molar-refractivity contribution is 5.98. The van der Waals surface area contributed by atoms with Crippen molar-refractivity contribution in [1.82, 2.24) is 5.32 Å². The van der Waals surface area contributed by atoms with E-state index in [1.807, 2.05) is 0 Å². The van der Waals surface area contributed by atoms with Crippen molar-refractivity contribution in [3.8, 4) is 0 Å². The minimum absolute atomic E-state index is 0.0583. The third-order valence-corrected chi connectivity index (χ3v) is 4.85. The number of Topliss-reactive ketones (excluding diaryl/α,β-unsaturated/α-hetero) is 1.